The number of ether oxygens (including phenoxy) is 1. The molecule has 18 heavy (non-hydrogen) atoms. The summed E-state index contributed by atoms with van der Waals surface area (Å²) in [5.41, 5.74) is 0.0235. The van der Waals surface area contributed by atoms with Crippen LogP contribution in [0, 0.1) is 23.2 Å². The molecule has 102 valence electrons. The summed E-state index contributed by atoms with van der Waals surface area (Å²) >= 11 is 0. The summed E-state index contributed by atoms with van der Waals surface area (Å²) in [5.74, 6) is -2.48. The summed E-state index contributed by atoms with van der Waals surface area (Å²) in [5, 5.41) is 0. The molecular weight excluding hydrogens is 238 g/mol. The van der Waals surface area contributed by atoms with E-state index < -0.39 is 11.9 Å². The minimum Gasteiger partial charge on any atom is -0.461 e. The number of hydrogen-bond donors (Lipinski definition) is 0. The van der Waals surface area contributed by atoms with Crippen LogP contribution in [0.25, 0.3) is 0 Å². The molecule has 0 aromatic heterocycles. The van der Waals surface area contributed by atoms with Gasteiger partial charge < -0.3 is 4.74 Å². The van der Waals surface area contributed by atoms with E-state index >= 15 is 0 Å². The zero-order valence-electron chi connectivity index (χ0n) is 10.8. The average molecular weight is 258 g/mol. The highest BCUT2D eigenvalue weighted by molar-refractivity contribution is 5.76. The first kappa shape index (κ1) is 12.4. The van der Waals surface area contributed by atoms with Gasteiger partial charge in [0.2, 0.25) is 0 Å². The van der Waals surface area contributed by atoms with Gasteiger partial charge in [-0.15, -0.1) is 0 Å². The van der Waals surface area contributed by atoms with Crippen LogP contribution in [-0.4, -0.2) is 18.5 Å². The minimum atomic E-state index is -3.36. The number of alkyl halides is 2. The minimum absolute atomic E-state index is 0.0235. The molecule has 0 heterocycles. The summed E-state index contributed by atoms with van der Waals surface area (Å²) < 4.78 is 30.5. The lowest BCUT2D eigenvalue weighted by Gasteiger charge is -2.56. The average Bonchev–Trinajstić information content (AvgIpc) is 2.22. The fraction of sp³-hybridized carbons (Fsp3) is 0.929. The number of hydrogen-bond acceptors (Lipinski definition) is 2. The van der Waals surface area contributed by atoms with E-state index in [0.717, 1.165) is 37.0 Å². The molecular formula is C14H20F2O2. The molecule has 0 spiro atoms. The second kappa shape index (κ2) is 3.91. The highest BCUT2D eigenvalue weighted by Gasteiger charge is 2.51. The predicted molar refractivity (Wildman–Crippen MR) is 62.2 cm³/mol. The van der Waals surface area contributed by atoms with Crippen molar-refractivity contribution in [3.8, 4) is 0 Å². The molecule has 0 aromatic carbocycles. The molecule has 0 N–H and O–H groups in total. The Morgan fingerprint density at radius 1 is 1.17 bits per heavy atom. The van der Waals surface area contributed by atoms with Crippen LogP contribution >= 0.6 is 0 Å². The van der Waals surface area contributed by atoms with Crippen LogP contribution in [0.1, 0.15) is 45.4 Å². The fourth-order valence-corrected chi connectivity index (χ4v) is 4.81. The highest BCUT2D eigenvalue weighted by Crippen LogP contribution is 2.60. The third-order valence-corrected chi connectivity index (χ3v) is 5.03. The number of carbonyl (C=O) groups is 1. The molecule has 4 aliphatic rings. The van der Waals surface area contributed by atoms with Crippen molar-refractivity contribution in [3.63, 3.8) is 0 Å². The molecule has 4 aliphatic carbocycles. The van der Waals surface area contributed by atoms with E-state index in [0.29, 0.717) is 6.92 Å². The van der Waals surface area contributed by atoms with Gasteiger partial charge in [0.1, 0.15) is 0 Å². The molecule has 4 saturated carbocycles. The molecule has 4 rings (SSSR count). The van der Waals surface area contributed by atoms with Gasteiger partial charge in [-0.05, 0) is 56.3 Å². The second-order valence-electron chi connectivity index (χ2n) is 6.88. The van der Waals surface area contributed by atoms with Crippen LogP contribution in [0.3, 0.4) is 0 Å². The number of rotatable bonds is 3. The summed E-state index contributed by atoms with van der Waals surface area (Å²) in [7, 11) is 0. The lowest BCUT2D eigenvalue weighted by molar-refractivity contribution is -0.179. The van der Waals surface area contributed by atoms with Gasteiger partial charge in [-0.1, -0.05) is 0 Å². The van der Waals surface area contributed by atoms with E-state index in [9.17, 15) is 13.6 Å². The van der Waals surface area contributed by atoms with Crippen LogP contribution in [0.4, 0.5) is 8.78 Å². The Morgan fingerprint density at radius 2 is 1.61 bits per heavy atom. The maximum atomic E-state index is 12.8. The van der Waals surface area contributed by atoms with Crippen LogP contribution in [0.5, 0.6) is 0 Å². The lowest BCUT2D eigenvalue weighted by Crippen LogP contribution is -2.49. The monoisotopic (exact) mass is 258 g/mol. The van der Waals surface area contributed by atoms with Gasteiger partial charge in [0.05, 0.1) is 6.61 Å². The first-order valence-electron chi connectivity index (χ1n) is 6.91. The Kier molecular flexibility index (Phi) is 2.69. The van der Waals surface area contributed by atoms with Crippen molar-refractivity contribution in [1.82, 2.24) is 0 Å². The zero-order chi connectivity index (χ0) is 13.0. The van der Waals surface area contributed by atoms with Crippen molar-refractivity contribution < 1.29 is 18.3 Å². The smallest absolute Gasteiger partial charge is 0.376 e. The summed E-state index contributed by atoms with van der Waals surface area (Å²) in [6.07, 6.45) is 7.12. The summed E-state index contributed by atoms with van der Waals surface area (Å²) in [4.78, 5) is 11.2. The second-order valence-corrected chi connectivity index (χ2v) is 6.88. The normalized spacial score (nSPS) is 42.1. The number of esters is 1. The van der Waals surface area contributed by atoms with Gasteiger partial charge in [-0.25, -0.2) is 4.79 Å². The van der Waals surface area contributed by atoms with Crippen LogP contribution < -0.4 is 0 Å². The van der Waals surface area contributed by atoms with Gasteiger partial charge in [0.15, 0.2) is 0 Å². The third kappa shape index (κ3) is 2.14. The molecule has 0 atom stereocenters. The summed E-state index contributed by atoms with van der Waals surface area (Å²) in [6, 6.07) is 0. The standard InChI is InChI=1S/C14H20F2O2/c1-13(15,16)12(17)18-8-14-5-9-2-10(6-14)4-11(3-9)7-14/h9-11H,2-8H2,1H3. The molecule has 0 radical (unpaired) electrons. The maximum Gasteiger partial charge on any atom is 0.376 e. The molecule has 2 nitrogen and oxygen atoms in total. The Morgan fingerprint density at radius 3 is 2.00 bits per heavy atom. The Balaban J connectivity index is 1.64. The maximum absolute atomic E-state index is 12.8. The molecule has 0 amide bonds. The van der Waals surface area contributed by atoms with Crippen molar-refractivity contribution in [2.45, 2.75) is 51.4 Å². The molecule has 4 bridgehead atoms. The Labute approximate surface area is 106 Å². The Bertz CT molecular complexity index is 324. The number of carbonyl (C=O) groups excluding carboxylic acids is 1. The van der Waals surface area contributed by atoms with Crippen LogP contribution in [0.2, 0.25) is 0 Å². The third-order valence-electron chi connectivity index (χ3n) is 5.03. The van der Waals surface area contributed by atoms with Gasteiger partial charge >= 0.3 is 11.9 Å². The molecule has 4 fully saturated rings. The van der Waals surface area contributed by atoms with E-state index in [2.05, 4.69) is 0 Å². The van der Waals surface area contributed by atoms with E-state index in [1.807, 2.05) is 0 Å². The topological polar surface area (TPSA) is 26.3 Å². The van der Waals surface area contributed by atoms with Crippen molar-refractivity contribution >= 4 is 5.97 Å². The van der Waals surface area contributed by atoms with Crippen molar-refractivity contribution in [1.29, 1.82) is 0 Å². The van der Waals surface area contributed by atoms with Crippen LogP contribution in [0.15, 0.2) is 0 Å². The van der Waals surface area contributed by atoms with Gasteiger partial charge in [0.25, 0.3) is 0 Å². The molecule has 4 heteroatoms. The largest absolute Gasteiger partial charge is 0.461 e. The quantitative estimate of drug-likeness (QED) is 0.725. The van der Waals surface area contributed by atoms with E-state index in [-0.39, 0.29) is 12.0 Å². The van der Waals surface area contributed by atoms with Gasteiger partial charge in [-0.3, -0.25) is 0 Å². The number of halogens is 2. The lowest BCUT2D eigenvalue weighted by atomic mass is 9.50. The van der Waals surface area contributed by atoms with Crippen molar-refractivity contribution in [3.05, 3.63) is 0 Å². The highest BCUT2D eigenvalue weighted by atomic mass is 19.3. The van der Waals surface area contributed by atoms with E-state index in [1.54, 1.807) is 0 Å². The van der Waals surface area contributed by atoms with Crippen molar-refractivity contribution in [2.75, 3.05) is 6.61 Å². The van der Waals surface area contributed by atoms with Gasteiger partial charge in [-0.2, -0.15) is 8.78 Å². The molecule has 0 aliphatic heterocycles. The first-order valence-corrected chi connectivity index (χ1v) is 6.91. The van der Waals surface area contributed by atoms with E-state index in [4.69, 9.17) is 4.74 Å². The fourth-order valence-electron chi connectivity index (χ4n) is 4.81. The van der Waals surface area contributed by atoms with Crippen LogP contribution in [-0.2, 0) is 9.53 Å². The molecule has 0 unspecified atom stereocenters. The SMILES string of the molecule is CC(F)(F)C(=O)OCC12CC3CC(CC(C3)C1)C2. The van der Waals surface area contributed by atoms with E-state index in [1.165, 1.54) is 19.3 Å². The molecule has 0 saturated heterocycles. The van der Waals surface area contributed by atoms with Gasteiger partial charge in [0, 0.05) is 12.3 Å². The zero-order valence-corrected chi connectivity index (χ0v) is 10.8. The van der Waals surface area contributed by atoms with Crippen molar-refractivity contribution in [2.24, 2.45) is 23.2 Å². The predicted octanol–water partition coefficient (Wildman–Crippen LogP) is 3.40. The first-order chi connectivity index (χ1) is 8.36. The summed E-state index contributed by atoms with van der Waals surface area (Å²) in [6.45, 7) is 0.813. The molecule has 0 aromatic rings. The Hall–Kier alpha value is -0.670.